The molecule has 24 heavy (non-hydrogen) atoms. The minimum atomic E-state index is -0.960. The van der Waals surface area contributed by atoms with E-state index >= 15 is 0 Å². The lowest BCUT2D eigenvalue weighted by Crippen LogP contribution is -2.07. The maximum atomic E-state index is 11.4. The second-order valence-corrected chi connectivity index (χ2v) is 6.56. The Balaban J connectivity index is 1.95. The number of hydrogen-bond donors (Lipinski definition) is 2. The van der Waals surface area contributed by atoms with Gasteiger partial charge in [0.05, 0.1) is 30.5 Å². The first kappa shape index (κ1) is 18.3. The first-order valence-corrected chi connectivity index (χ1v) is 8.87. The topological polar surface area (TPSA) is 101 Å². The fourth-order valence-electron chi connectivity index (χ4n) is 1.75. The third-order valence-electron chi connectivity index (χ3n) is 2.78. The normalized spacial score (nSPS) is 10.8. The predicted molar refractivity (Wildman–Crippen MR) is 99.8 cm³/mol. The Morgan fingerprint density at radius 3 is 2.96 bits per heavy atom. The molecular weight excluding hydrogens is 445 g/mol. The van der Waals surface area contributed by atoms with Crippen molar-refractivity contribution >= 4 is 57.2 Å². The van der Waals surface area contributed by atoms with Gasteiger partial charge >= 0.3 is 11.9 Å². The van der Waals surface area contributed by atoms with Crippen molar-refractivity contribution in [2.45, 2.75) is 13.3 Å². The highest BCUT2D eigenvalue weighted by Crippen LogP contribution is 2.17. The molecule has 0 radical (unpaired) electrons. The van der Waals surface area contributed by atoms with Crippen molar-refractivity contribution in [2.75, 3.05) is 12.0 Å². The smallest absolute Gasteiger partial charge is 0.336 e. The molecule has 0 saturated heterocycles. The van der Waals surface area contributed by atoms with Crippen LogP contribution in [-0.4, -0.2) is 34.9 Å². The number of aromatic carboxylic acids is 1. The maximum Gasteiger partial charge on any atom is 0.336 e. The highest BCUT2D eigenvalue weighted by atomic mass is 127. The van der Waals surface area contributed by atoms with E-state index in [9.17, 15) is 9.59 Å². The molecule has 2 rings (SSSR count). The van der Waals surface area contributed by atoms with E-state index in [1.165, 1.54) is 17.4 Å². The summed E-state index contributed by atoms with van der Waals surface area (Å²) >= 11 is 3.30. The fourth-order valence-corrected chi connectivity index (χ4v) is 3.18. The zero-order chi connectivity index (χ0) is 17.5. The minimum absolute atomic E-state index is 0.130. The lowest BCUT2D eigenvalue weighted by molar-refractivity contribution is -0.142. The van der Waals surface area contributed by atoms with Crippen molar-refractivity contribution in [3.63, 3.8) is 0 Å². The van der Waals surface area contributed by atoms with E-state index in [1.807, 2.05) is 22.6 Å². The van der Waals surface area contributed by atoms with Crippen molar-refractivity contribution in [3.8, 4) is 0 Å². The van der Waals surface area contributed by atoms with Crippen molar-refractivity contribution < 1.29 is 19.4 Å². The molecular formula is C15H14IN3O4S. The molecule has 0 bridgehead atoms. The summed E-state index contributed by atoms with van der Waals surface area (Å²) in [7, 11) is 0. The Morgan fingerprint density at radius 1 is 1.50 bits per heavy atom. The molecule has 0 saturated carbocycles. The van der Waals surface area contributed by atoms with Gasteiger partial charge in [-0.2, -0.15) is 5.10 Å². The Kier molecular flexibility index (Phi) is 6.67. The lowest BCUT2D eigenvalue weighted by Gasteiger charge is -2.00. The number of hydrazone groups is 1. The van der Waals surface area contributed by atoms with Crippen LogP contribution in [0.5, 0.6) is 0 Å². The summed E-state index contributed by atoms with van der Waals surface area (Å²) in [6.45, 7) is 2.10. The Labute approximate surface area is 155 Å². The number of ether oxygens (including phenoxy) is 1. The van der Waals surface area contributed by atoms with E-state index in [4.69, 9.17) is 9.84 Å². The number of carboxylic acid groups (broad SMARTS) is 1. The van der Waals surface area contributed by atoms with Gasteiger partial charge in [0.2, 0.25) is 5.13 Å². The average Bonchev–Trinajstić information content (AvgIpc) is 2.94. The monoisotopic (exact) mass is 459 g/mol. The van der Waals surface area contributed by atoms with Crippen molar-refractivity contribution in [1.29, 1.82) is 0 Å². The summed E-state index contributed by atoms with van der Waals surface area (Å²) in [4.78, 5) is 26.6. The van der Waals surface area contributed by atoms with Gasteiger partial charge in [-0.05, 0) is 47.2 Å². The molecule has 0 aliphatic heterocycles. The summed E-state index contributed by atoms with van der Waals surface area (Å²) in [5, 5.41) is 15.4. The Morgan fingerprint density at radius 2 is 2.29 bits per heavy atom. The van der Waals surface area contributed by atoms with E-state index in [0.717, 1.165) is 5.56 Å². The van der Waals surface area contributed by atoms with Gasteiger partial charge in [-0.1, -0.05) is 6.07 Å². The van der Waals surface area contributed by atoms with Crippen LogP contribution < -0.4 is 5.43 Å². The number of hydrogen-bond acceptors (Lipinski definition) is 7. The van der Waals surface area contributed by atoms with Crippen LogP contribution in [0.1, 0.15) is 28.5 Å². The molecule has 1 aromatic heterocycles. The van der Waals surface area contributed by atoms with E-state index in [2.05, 4.69) is 15.5 Å². The molecule has 0 atom stereocenters. The van der Waals surface area contributed by atoms with E-state index in [-0.39, 0.29) is 18.0 Å². The van der Waals surface area contributed by atoms with E-state index in [1.54, 1.807) is 30.7 Å². The zero-order valence-electron chi connectivity index (χ0n) is 12.7. The van der Waals surface area contributed by atoms with Crippen LogP contribution in [-0.2, 0) is 16.0 Å². The van der Waals surface area contributed by atoms with Crippen LogP contribution in [0.2, 0.25) is 0 Å². The fraction of sp³-hybridized carbons (Fsp3) is 0.200. The van der Waals surface area contributed by atoms with Crippen LogP contribution in [0.3, 0.4) is 0 Å². The number of carbonyl (C=O) groups excluding carboxylic acids is 1. The molecule has 1 aromatic carbocycles. The molecule has 0 aliphatic rings. The van der Waals surface area contributed by atoms with Crippen LogP contribution in [0.25, 0.3) is 0 Å². The van der Waals surface area contributed by atoms with Gasteiger partial charge < -0.3 is 9.84 Å². The largest absolute Gasteiger partial charge is 0.478 e. The molecule has 7 nitrogen and oxygen atoms in total. The molecule has 0 aliphatic carbocycles. The Bertz CT molecular complexity index is 776. The van der Waals surface area contributed by atoms with E-state index in [0.29, 0.717) is 21.0 Å². The number of nitrogens with one attached hydrogen (secondary N) is 1. The summed E-state index contributed by atoms with van der Waals surface area (Å²) in [5.74, 6) is -1.27. The number of esters is 1. The number of thiazole rings is 1. The van der Waals surface area contributed by atoms with Gasteiger partial charge in [-0.25, -0.2) is 9.78 Å². The van der Waals surface area contributed by atoms with Gasteiger partial charge in [0.15, 0.2) is 0 Å². The first-order chi connectivity index (χ1) is 11.5. The standard InChI is InChI=1S/C15H14IN3O4S/c1-2-23-13(20)6-10-8-24-15(18-10)19-17-7-9-3-4-11(14(21)22)12(16)5-9/h3-5,7-8H,2,6H2,1H3,(H,18,19)(H,21,22). The van der Waals surface area contributed by atoms with E-state index < -0.39 is 5.97 Å². The third kappa shape index (κ3) is 5.27. The minimum Gasteiger partial charge on any atom is -0.478 e. The molecule has 2 aromatic rings. The van der Waals surface area contributed by atoms with Crippen molar-refractivity contribution in [1.82, 2.24) is 4.98 Å². The van der Waals surface area contributed by atoms with Crippen LogP contribution >= 0.6 is 33.9 Å². The summed E-state index contributed by atoms with van der Waals surface area (Å²) in [6, 6.07) is 4.93. The van der Waals surface area contributed by atoms with Crippen LogP contribution in [0, 0.1) is 3.57 Å². The lowest BCUT2D eigenvalue weighted by atomic mass is 10.1. The summed E-state index contributed by atoms with van der Waals surface area (Å²) in [5.41, 5.74) is 4.42. The van der Waals surface area contributed by atoms with Gasteiger partial charge in [0.25, 0.3) is 0 Å². The van der Waals surface area contributed by atoms with Gasteiger partial charge in [0, 0.05) is 8.95 Å². The zero-order valence-corrected chi connectivity index (χ0v) is 15.6. The number of carbonyl (C=O) groups is 2. The average molecular weight is 459 g/mol. The number of aromatic nitrogens is 1. The molecule has 9 heteroatoms. The van der Waals surface area contributed by atoms with Crippen molar-refractivity contribution in [2.24, 2.45) is 5.10 Å². The second-order valence-electron chi connectivity index (χ2n) is 4.54. The SMILES string of the molecule is CCOC(=O)Cc1csc(NN=Cc2ccc(C(=O)O)c(I)c2)n1. The quantitative estimate of drug-likeness (QED) is 0.286. The van der Waals surface area contributed by atoms with Gasteiger partial charge in [-0.3, -0.25) is 10.2 Å². The number of nitrogens with zero attached hydrogens (tertiary/aromatic N) is 2. The van der Waals surface area contributed by atoms with Crippen LogP contribution in [0.15, 0.2) is 28.7 Å². The van der Waals surface area contributed by atoms with Crippen LogP contribution in [0.4, 0.5) is 5.13 Å². The molecule has 2 N–H and O–H groups in total. The molecule has 0 amide bonds. The third-order valence-corrected chi connectivity index (χ3v) is 4.47. The summed E-state index contributed by atoms with van der Waals surface area (Å²) in [6.07, 6.45) is 1.70. The number of halogens is 1. The Hall–Kier alpha value is -2.01. The number of benzene rings is 1. The number of rotatable bonds is 7. The van der Waals surface area contributed by atoms with Gasteiger partial charge in [0.1, 0.15) is 0 Å². The molecule has 0 spiro atoms. The second kappa shape index (κ2) is 8.73. The predicted octanol–water partition coefficient (Wildman–Crippen LogP) is 3.00. The number of anilines is 1. The molecule has 0 fully saturated rings. The summed E-state index contributed by atoms with van der Waals surface area (Å²) < 4.78 is 5.50. The van der Waals surface area contributed by atoms with Crippen molar-refractivity contribution in [3.05, 3.63) is 44.0 Å². The molecule has 126 valence electrons. The highest BCUT2D eigenvalue weighted by Gasteiger charge is 2.09. The van der Waals surface area contributed by atoms with Gasteiger partial charge in [-0.15, -0.1) is 11.3 Å². The number of carboxylic acids is 1. The molecule has 0 unspecified atom stereocenters. The highest BCUT2D eigenvalue weighted by molar-refractivity contribution is 14.1. The maximum absolute atomic E-state index is 11.4. The first-order valence-electron chi connectivity index (χ1n) is 6.91. The molecule has 1 heterocycles.